The Morgan fingerprint density at radius 2 is 1.59 bits per heavy atom. The van der Waals surface area contributed by atoms with Crippen LogP contribution in [0.2, 0.25) is 0 Å². The van der Waals surface area contributed by atoms with Gasteiger partial charge < -0.3 is 0 Å². The SMILES string of the molecule is CCc1cc(C=C2C(=O)c3ccccc3C2=O)sc1-n1c2ccccc2c2ccnc(CC)c21. The highest BCUT2D eigenvalue weighted by Crippen LogP contribution is 2.39. The molecule has 0 unspecified atom stereocenters. The molecule has 3 heterocycles. The summed E-state index contributed by atoms with van der Waals surface area (Å²) in [6.45, 7) is 4.26. The zero-order valence-corrected chi connectivity index (χ0v) is 19.8. The van der Waals surface area contributed by atoms with Gasteiger partial charge in [-0.1, -0.05) is 56.3 Å². The number of aryl methyl sites for hydroxylation is 2. The minimum absolute atomic E-state index is 0.192. The average molecular weight is 463 g/mol. The van der Waals surface area contributed by atoms with Crippen molar-refractivity contribution in [1.82, 2.24) is 9.55 Å². The van der Waals surface area contributed by atoms with Crippen LogP contribution < -0.4 is 0 Å². The Morgan fingerprint density at radius 3 is 2.29 bits per heavy atom. The standard InChI is InChI=1S/C29H22N2O2S/c1-3-17-15-18(16-23-27(32)21-10-5-6-11-22(21)28(23)33)34-29(17)31-25-12-8-7-9-19(25)20-13-14-30-24(4-2)26(20)31/h5-16H,3-4H2,1-2H3. The highest BCUT2D eigenvalue weighted by atomic mass is 32.1. The maximum Gasteiger partial charge on any atom is 0.197 e. The zero-order valence-electron chi connectivity index (χ0n) is 19.0. The first kappa shape index (κ1) is 20.8. The predicted octanol–water partition coefficient (Wildman–Crippen LogP) is 6.83. The van der Waals surface area contributed by atoms with Crippen molar-refractivity contribution in [1.29, 1.82) is 0 Å². The van der Waals surface area contributed by atoms with Crippen LogP contribution in [0.25, 0.3) is 32.9 Å². The Kier molecular flexibility index (Phi) is 4.82. The maximum absolute atomic E-state index is 12.9. The zero-order chi connectivity index (χ0) is 23.4. The summed E-state index contributed by atoms with van der Waals surface area (Å²) in [7, 11) is 0. The molecule has 0 saturated heterocycles. The molecule has 166 valence electrons. The monoisotopic (exact) mass is 462 g/mol. The van der Waals surface area contributed by atoms with E-state index in [1.807, 2.05) is 6.20 Å². The molecule has 0 amide bonds. The molecule has 6 rings (SSSR count). The minimum Gasteiger partial charge on any atom is -0.299 e. The lowest BCUT2D eigenvalue weighted by atomic mass is 10.1. The molecular formula is C29H22N2O2S. The summed E-state index contributed by atoms with van der Waals surface area (Å²) in [4.78, 5) is 31.5. The lowest BCUT2D eigenvalue weighted by Gasteiger charge is -2.09. The number of carbonyl (C=O) groups is 2. The van der Waals surface area contributed by atoms with E-state index in [4.69, 9.17) is 0 Å². The number of ketones is 2. The number of para-hydroxylation sites is 1. The van der Waals surface area contributed by atoms with E-state index in [0.29, 0.717) is 11.1 Å². The number of aromatic nitrogens is 2. The van der Waals surface area contributed by atoms with Crippen molar-refractivity contribution >= 4 is 50.8 Å². The van der Waals surface area contributed by atoms with Crippen molar-refractivity contribution in [2.75, 3.05) is 0 Å². The number of pyridine rings is 1. The lowest BCUT2D eigenvalue weighted by Crippen LogP contribution is -1.99. The largest absolute Gasteiger partial charge is 0.299 e. The van der Waals surface area contributed by atoms with Gasteiger partial charge in [0.25, 0.3) is 0 Å². The van der Waals surface area contributed by atoms with Crippen molar-refractivity contribution in [3.63, 3.8) is 0 Å². The fourth-order valence-electron chi connectivity index (χ4n) is 4.95. The van der Waals surface area contributed by atoms with Crippen molar-refractivity contribution in [2.45, 2.75) is 26.7 Å². The Morgan fingerprint density at radius 1 is 0.882 bits per heavy atom. The molecular weight excluding hydrogens is 440 g/mol. The molecule has 0 fully saturated rings. The van der Waals surface area contributed by atoms with Crippen LogP contribution in [0.5, 0.6) is 0 Å². The number of hydrogen-bond donors (Lipinski definition) is 0. The highest BCUT2D eigenvalue weighted by molar-refractivity contribution is 7.15. The topological polar surface area (TPSA) is 52.0 Å². The summed E-state index contributed by atoms with van der Waals surface area (Å²) >= 11 is 1.61. The van der Waals surface area contributed by atoms with E-state index < -0.39 is 0 Å². The van der Waals surface area contributed by atoms with Crippen molar-refractivity contribution in [3.8, 4) is 5.00 Å². The third kappa shape index (κ3) is 2.94. The van der Waals surface area contributed by atoms with Crippen LogP contribution in [0.1, 0.15) is 50.7 Å². The van der Waals surface area contributed by atoms with E-state index in [0.717, 1.165) is 39.4 Å². The number of hydrogen-bond acceptors (Lipinski definition) is 4. The molecule has 2 aromatic carbocycles. The predicted molar refractivity (Wildman–Crippen MR) is 138 cm³/mol. The molecule has 0 bridgehead atoms. The van der Waals surface area contributed by atoms with E-state index in [9.17, 15) is 9.59 Å². The number of fused-ring (bicyclic) bond motifs is 4. The minimum atomic E-state index is -0.192. The Balaban J connectivity index is 1.58. The van der Waals surface area contributed by atoms with Crippen molar-refractivity contribution in [2.24, 2.45) is 0 Å². The molecule has 5 aromatic rings. The van der Waals surface area contributed by atoms with Gasteiger partial charge in [0, 0.05) is 33.0 Å². The van der Waals surface area contributed by atoms with Gasteiger partial charge in [-0.2, -0.15) is 0 Å². The number of Topliss-reactive ketones (excluding diaryl/α,β-unsaturated/α-hetero) is 2. The second-order valence-electron chi connectivity index (χ2n) is 8.45. The second-order valence-corrected chi connectivity index (χ2v) is 9.52. The molecule has 1 aliphatic rings. The molecule has 3 aromatic heterocycles. The fraction of sp³-hybridized carbons (Fsp3) is 0.138. The molecule has 0 spiro atoms. The number of thiophene rings is 1. The summed E-state index contributed by atoms with van der Waals surface area (Å²) in [6, 6.07) is 19.7. The molecule has 5 heteroatoms. The van der Waals surface area contributed by atoms with Crippen LogP contribution in [0, 0.1) is 0 Å². The smallest absolute Gasteiger partial charge is 0.197 e. The maximum atomic E-state index is 12.9. The van der Waals surface area contributed by atoms with Gasteiger partial charge in [-0.05, 0) is 42.7 Å². The summed E-state index contributed by atoms with van der Waals surface area (Å²) in [6.07, 6.45) is 5.33. The van der Waals surface area contributed by atoms with Crippen LogP contribution in [-0.4, -0.2) is 21.1 Å². The van der Waals surface area contributed by atoms with Gasteiger partial charge in [-0.15, -0.1) is 11.3 Å². The molecule has 0 atom stereocenters. The van der Waals surface area contributed by atoms with Crippen LogP contribution >= 0.6 is 11.3 Å². The summed E-state index contributed by atoms with van der Waals surface area (Å²) < 4.78 is 2.31. The Labute approximate surface area is 201 Å². The van der Waals surface area contributed by atoms with Gasteiger partial charge >= 0.3 is 0 Å². The van der Waals surface area contributed by atoms with Crippen LogP contribution in [0.4, 0.5) is 0 Å². The molecule has 0 radical (unpaired) electrons. The van der Waals surface area contributed by atoms with E-state index in [1.165, 1.54) is 16.3 Å². The van der Waals surface area contributed by atoms with E-state index >= 15 is 0 Å². The first-order chi connectivity index (χ1) is 16.6. The van der Waals surface area contributed by atoms with Gasteiger partial charge in [-0.3, -0.25) is 19.1 Å². The summed E-state index contributed by atoms with van der Waals surface area (Å²) in [5.41, 5.74) is 5.73. The molecule has 0 aliphatic heterocycles. The van der Waals surface area contributed by atoms with Crippen molar-refractivity contribution < 1.29 is 9.59 Å². The van der Waals surface area contributed by atoms with Gasteiger partial charge in [0.15, 0.2) is 11.6 Å². The normalized spacial score (nSPS) is 13.3. The van der Waals surface area contributed by atoms with Gasteiger partial charge in [0.1, 0.15) is 5.00 Å². The van der Waals surface area contributed by atoms with Crippen LogP contribution in [0.3, 0.4) is 0 Å². The van der Waals surface area contributed by atoms with Gasteiger partial charge in [0.05, 0.1) is 22.3 Å². The van der Waals surface area contributed by atoms with Crippen LogP contribution in [0.15, 0.2) is 72.4 Å². The molecule has 0 saturated carbocycles. The second kappa shape index (κ2) is 7.89. The lowest BCUT2D eigenvalue weighted by molar-refractivity contribution is 0.0990. The molecule has 1 aliphatic carbocycles. The third-order valence-electron chi connectivity index (χ3n) is 6.58. The molecule has 0 N–H and O–H groups in total. The average Bonchev–Trinajstić information content (AvgIpc) is 3.51. The highest BCUT2D eigenvalue weighted by Gasteiger charge is 2.32. The Hall–Kier alpha value is -3.83. The Bertz CT molecular complexity index is 1630. The molecule has 34 heavy (non-hydrogen) atoms. The van der Waals surface area contributed by atoms with E-state index in [1.54, 1.807) is 41.7 Å². The first-order valence-corrected chi connectivity index (χ1v) is 12.3. The number of carbonyl (C=O) groups excluding carboxylic acids is 2. The van der Waals surface area contributed by atoms with Crippen LogP contribution in [-0.2, 0) is 12.8 Å². The number of rotatable bonds is 4. The number of benzene rings is 2. The van der Waals surface area contributed by atoms with Gasteiger partial charge in [0.2, 0.25) is 0 Å². The first-order valence-electron chi connectivity index (χ1n) is 11.5. The van der Waals surface area contributed by atoms with Crippen molar-refractivity contribution in [3.05, 3.63) is 99.7 Å². The summed E-state index contributed by atoms with van der Waals surface area (Å²) in [5, 5.41) is 3.50. The quantitative estimate of drug-likeness (QED) is 0.217. The number of nitrogens with zero attached hydrogens (tertiary/aromatic N) is 2. The molecule has 4 nitrogen and oxygen atoms in total. The fourth-order valence-corrected chi connectivity index (χ4v) is 6.17. The van der Waals surface area contributed by atoms with E-state index in [2.05, 4.69) is 59.8 Å². The number of allylic oxidation sites excluding steroid dienone is 1. The summed E-state index contributed by atoms with van der Waals surface area (Å²) in [5.74, 6) is -0.383. The van der Waals surface area contributed by atoms with E-state index in [-0.39, 0.29) is 17.1 Å². The van der Waals surface area contributed by atoms with Gasteiger partial charge in [-0.25, -0.2) is 0 Å². The third-order valence-corrected chi connectivity index (χ3v) is 7.69.